The molecular formula is C22H42N10S2. The average Bonchev–Trinajstić information content (AvgIpc) is 2.79. The van der Waals surface area contributed by atoms with E-state index >= 15 is 0 Å². The lowest BCUT2D eigenvalue weighted by Crippen LogP contribution is -2.23. The number of nitrogens with zero attached hydrogens (tertiary/aromatic N) is 6. The van der Waals surface area contributed by atoms with Crippen molar-refractivity contribution >= 4 is 47.3 Å². The molecule has 0 aliphatic rings. The highest BCUT2D eigenvalue weighted by atomic mass is 32.2. The molecule has 2 unspecified atom stereocenters. The van der Waals surface area contributed by atoms with Crippen molar-refractivity contribution in [3.63, 3.8) is 0 Å². The number of anilines is 4. The lowest BCUT2D eigenvalue weighted by atomic mass is 10.1. The first-order valence-corrected chi connectivity index (χ1v) is 14.2. The van der Waals surface area contributed by atoms with Gasteiger partial charge in [-0.15, -0.1) is 0 Å². The van der Waals surface area contributed by atoms with Gasteiger partial charge in [-0.05, 0) is 52.0 Å². The molecule has 0 aliphatic heterocycles. The van der Waals surface area contributed by atoms with E-state index in [4.69, 9.17) is 0 Å². The van der Waals surface area contributed by atoms with Gasteiger partial charge in [-0.3, -0.25) is 0 Å². The fourth-order valence-electron chi connectivity index (χ4n) is 2.24. The number of nitrogens with one attached hydrogen (secondary N) is 4. The Kier molecular flexibility index (Phi) is 13.9. The van der Waals surface area contributed by atoms with Crippen molar-refractivity contribution in [1.82, 2.24) is 29.9 Å². The topological polar surface area (TPSA) is 125 Å². The predicted molar refractivity (Wildman–Crippen MR) is 147 cm³/mol. The summed E-state index contributed by atoms with van der Waals surface area (Å²) in [6.07, 6.45) is 3.92. The summed E-state index contributed by atoms with van der Waals surface area (Å²) < 4.78 is 0. The van der Waals surface area contributed by atoms with Crippen molar-refractivity contribution in [2.75, 3.05) is 46.9 Å². The van der Waals surface area contributed by atoms with Crippen LogP contribution in [0.5, 0.6) is 0 Å². The minimum Gasteiger partial charge on any atom is -0.354 e. The fourth-order valence-corrected chi connectivity index (χ4v) is 2.95. The van der Waals surface area contributed by atoms with Crippen LogP contribution in [-0.2, 0) is 0 Å². The average molecular weight is 511 g/mol. The normalized spacial score (nSPS) is 12.6. The van der Waals surface area contributed by atoms with Crippen molar-refractivity contribution in [2.45, 2.75) is 77.8 Å². The standard InChI is InChI=1S/2C11H21N5S/c2*1-6-12-9-14-10(13-8(4)7(2)3)16-11(15-9)17-5/h2*7-8H,6H2,1-5H3,(H2,12,13,14,15,16). The lowest BCUT2D eigenvalue weighted by Gasteiger charge is -2.17. The molecular weight excluding hydrogens is 468 g/mol. The largest absolute Gasteiger partial charge is 0.354 e. The summed E-state index contributed by atoms with van der Waals surface area (Å²) in [5, 5.41) is 14.3. The Balaban J connectivity index is 0.000000340. The Morgan fingerprint density at radius 1 is 0.559 bits per heavy atom. The first-order valence-electron chi connectivity index (χ1n) is 11.7. The second-order valence-electron chi connectivity index (χ2n) is 8.35. The molecule has 4 N–H and O–H groups in total. The predicted octanol–water partition coefficient (Wildman–Crippen LogP) is 4.96. The van der Waals surface area contributed by atoms with E-state index in [1.54, 1.807) is 0 Å². The summed E-state index contributed by atoms with van der Waals surface area (Å²) in [6.45, 7) is 18.6. The molecule has 2 rings (SSSR count). The third-order valence-corrected chi connectivity index (χ3v) is 6.07. The molecule has 0 bridgehead atoms. The molecule has 2 heterocycles. The quantitative estimate of drug-likeness (QED) is 0.288. The summed E-state index contributed by atoms with van der Waals surface area (Å²) in [5.74, 6) is 3.61. The molecule has 2 atom stereocenters. The lowest BCUT2D eigenvalue weighted by molar-refractivity contribution is 0.555. The van der Waals surface area contributed by atoms with Crippen molar-refractivity contribution in [2.24, 2.45) is 11.8 Å². The molecule has 10 nitrogen and oxygen atoms in total. The molecule has 12 heteroatoms. The van der Waals surface area contributed by atoms with Crippen LogP contribution in [0.2, 0.25) is 0 Å². The van der Waals surface area contributed by atoms with E-state index in [0.29, 0.717) is 47.7 Å². The highest BCUT2D eigenvalue weighted by Crippen LogP contribution is 2.16. The van der Waals surface area contributed by atoms with E-state index in [0.717, 1.165) is 23.4 Å². The molecule has 0 amide bonds. The monoisotopic (exact) mass is 510 g/mol. The molecule has 0 radical (unpaired) electrons. The van der Waals surface area contributed by atoms with E-state index in [1.165, 1.54) is 23.5 Å². The molecule has 0 spiro atoms. The highest BCUT2D eigenvalue weighted by molar-refractivity contribution is 7.98. The summed E-state index contributed by atoms with van der Waals surface area (Å²) in [4.78, 5) is 25.9. The summed E-state index contributed by atoms with van der Waals surface area (Å²) in [5.41, 5.74) is 0. The number of hydrogen-bond acceptors (Lipinski definition) is 12. The van der Waals surface area contributed by atoms with Crippen LogP contribution in [0, 0.1) is 11.8 Å². The summed E-state index contributed by atoms with van der Waals surface area (Å²) in [6, 6.07) is 0.670. The Hall–Kier alpha value is -2.08. The smallest absolute Gasteiger partial charge is 0.228 e. The maximum Gasteiger partial charge on any atom is 0.228 e. The van der Waals surface area contributed by atoms with E-state index in [-0.39, 0.29) is 0 Å². The Morgan fingerprint density at radius 2 is 0.882 bits per heavy atom. The molecule has 2 aromatic rings. The van der Waals surface area contributed by atoms with E-state index in [9.17, 15) is 0 Å². The second kappa shape index (κ2) is 15.8. The fraction of sp³-hybridized carbons (Fsp3) is 0.727. The van der Waals surface area contributed by atoms with Gasteiger partial charge in [-0.1, -0.05) is 51.2 Å². The minimum atomic E-state index is 0.335. The second-order valence-corrected chi connectivity index (χ2v) is 9.90. The van der Waals surface area contributed by atoms with Gasteiger partial charge < -0.3 is 21.3 Å². The maximum absolute atomic E-state index is 4.35. The molecule has 34 heavy (non-hydrogen) atoms. The van der Waals surface area contributed by atoms with Gasteiger partial charge in [-0.25, -0.2) is 0 Å². The van der Waals surface area contributed by atoms with Crippen molar-refractivity contribution in [1.29, 1.82) is 0 Å². The van der Waals surface area contributed by atoms with Gasteiger partial charge in [0, 0.05) is 25.2 Å². The van der Waals surface area contributed by atoms with Crippen LogP contribution < -0.4 is 21.3 Å². The summed E-state index contributed by atoms with van der Waals surface area (Å²) >= 11 is 3.03. The van der Waals surface area contributed by atoms with E-state index < -0.39 is 0 Å². The maximum atomic E-state index is 4.35. The third-order valence-electron chi connectivity index (χ3n) is 4.98. The Labute approximate surface area is 213 Å². The number of thioether (sulfide) groups is 2. The highest BCUT2D eigenvalue weighted by Gasteiger charge is 2.12. The van der Waals surface area contributed by atoms with Crippen molar-refractivity contribution in [3.05, 3.63) is 0 Å². The molecule has 0 fully saturated rings. The van der Waals surface area contributed by atoms with Gasteiger partial charge in [-0.2, -0.15) is 29.9 Å². The van der Waals surface area contributed by atoms with E-state index in [2.05, 4.69) is 92.7 Å². The number of rotatable bonds is 12. The van der Waals surface area contributed by atoms with Crippen LogP contribution in [0.15, 0.2) is 10.3 Å². The van der Waals surface area contributed by atoms with Gasteiger partial charge in [0.15, 0.2) is 10.3 Å². The van der Waals surface area contributed by atoms with E-state index in [1.807, 2.05) is 26.4 Å². The van der Waals surface area contributed by atoms with Crippen molar-refractivity contribution in [3.8, 4) is 0 Å². The third kappa shape index (κ3) is 10.9. The van der Waals surface area contributed by atoms with Crippen LogP contribution >= 0.6 is 23.5 Å². The van der Waals surface area contributed by atoms with Gasteiger partial charge >= 0.3 is 0 Å². The zero-order chi connectivity index (χ0) is 25.7. The van der Waals surface area contributed by atoms with Gasteiger partial charge in [0.2, 0.25) is 23.8 Å². The van der Waals surface area contributed by atoms with Crippen LogP contribution in [-0.4, -0.2) is 67.6 Å². The first-order chi connectivity index (χ1) is 16.1. The van der Waals surface area contributed by atoms with Crippen LogP contribution in [0.4, 0.5) is 23.8 Å². The van der Waals surface area contributed by atoms with Crippen LogP contribution in [0.3, 0.4) is 0 Å². The van der Waals surface area contributed by atoms with Gasteiger partial charge in [0.1, 0.15) is 0 Å². The molecule has 0 saturated carbocycles. The van der Waals surface area contributed by atoms with Crippen LogP contribution in [0.1, 0.15) is 55.4 Å². The zero-order valence-corrected chi connectivity index (χ0v) is 23.9. The molecule has 2 aromatic heterocycles. The molecule has 0 aromatic carbocycles. The Morgan fingerprint density at radius 3 is 1.15 bits per heavy atom. The minimum absolute atomic E-state index is 0.335. The molecule has 192 valence electrons. The van der Waals surface area contributed by atoms with Crippen LogP contribution in [0.25, 0.3) is 0 Å². The Bertz CT molecular complexity index is 781. The molecule has 0 saturated heterocycles. The SMILES string of the molecule is CCNc1nc(NC(C)C(C)C)nc(SC)n1.CCNc1nc(NC(C)C(C)C)nc(SC)n1. The van der Waals surface area contributed by atoms with Crippen molar-refractivity contribution < 1.29 is 0 Å². The first kappa shape index (κ1) is 30.0. The summed E-state index contributed by atoms with van der Waals surface area (Å²) in [7, 11) is 0. The molecule has 0 aliphatic carbocycles. The number of hydrogen-bond donors (Lipinski definition) is 4. The zero-order valence-electron chi connectivity index (χ0n) is 22.2. The van der Waals surface area contributed by atoms with Gasteiger partial charge in [0.25, 0.3) is 0 Å². The number of aromatic nitrogens is 6. The van der Waals surface area contributed by atoms with Gasteiger partial charge in [0.05, 0.1) is 0 Å².